The molecule has 2 aromatic carbocycles. The molecule has 1 aliphatic rings. The Morgan fingerprint density at radius 2 is 1.96 bits per heavy atom. The molecule has 0 N–H and O–H groups in total. The van der Waals surface area contributed by atoms with Crippen LogP contribution in [0.2, 0.25) is 0 Å². The quantitative estimate of drug-likeness (QED) is 0.478. The van der Waals surface area contributed by atoms with Crippen molar-refractivity contribution >= 4 is 32.8 Å². The first-order valence-corrected chi connectivity index (χ1v) is 10.4. The highest BCUT2D eigenvalue weighted by molar-refractivity contribution is 9.10. The van der Waals surface area contributed by atoms with Crippen LogP contribution in [0.5, 0.6) is 5.75 Å². The molecule has 1 aliphatic carbocycles. The van der Waals surface area contributed by atoms with E-state index in [4.69, 9.17) is 9.47 Å². The van der Waals surface area contributed by atoms with Gasteiger partial charge in [0.2, 0.25) is 0 Å². The number of hydrogen-bond acceptors (Lipinski definition) is 3. The number of carbonyl (C=O) groups is 1. The molecule has 1 aromatic heterocycles. The van der Waals surface area contributed by atoms with Crippen LogP contribution in [-0.4, -0.2) is 24.3 Å². The predicted octanol–water partition coefficient (Wildman–Crippen LogP) is 5.44. The van der Waals surface area contributed by atoms with Crippen LogP contribution in [0.3, 0.4) is 0 Å². The number of rotatable bonds is 6. The Morgan fingerprint density at radius 3 is 2.64 bits per heavy atom. The second kappa shape index (κ2) is 7.63. The number of benzene rings is 2. The van der Waals surface area contributed by atoms with Crippen molar-refractivity contribution in [1.82, 2.24) is 4.57 Å². The molecule has 1 heterocycles. The maximum atomic E-state index is 12.2. The van der Waals surface area contributed by atoms with Crippen molar-refractivity contribution in [2.75, 3.05) is 13.7 Å². The molecule has 0 bridgehead atoms. The normalized spacial score (nSPS) is 18.3. The Balaban J connectivity index is 1.77. The molecular formula is C23H24BrNO3. The second-order valence-electron chi connectivity index (χ2n) is 7.30. The molecule has 0 radical (unpaired) electrons. The van der Waals surface area contributed by atoms with Crippen molar-refractivity contribution in [1.29, 1.82) is 0 Å². The highest BCUT2D eigenvalue weighted by atomic mass is 79.9. The second-order valence-corrected chi connectivity index (χ2v) is 8.21. The summed E-state index contributed by atoms with van der Waals surface area (Å²) in [5.74, 6) is 0.947. The number of halogens is 1. The summed E-state index contributed by atoms with van der Waals surface area (Å²) >= 11 is 3.50. The van der Waals surface area contributed by atoms with Crippen LogP contribution in [0.15, 0.2) is 46.9 Å². The standard InChI is InChI=1S/C23H24BrNO3/c1-4-28-23(26)19-12-18(19)22-14(2)25(13-15-5-7-16(24)8-6-15)21-10-9-17(27-3)11-20(21)22/h5-11,18-19H,4,12-13H2,1-3H3. The monoisotopic (exact) mass is 441 g/mol. The average molecular weight is 442 g/mol. The zero-order valence-corrected chi connectivity index (χ0v) is 18.0. The summed E-state index contributed by atoms with van der Waals surface area (Å²) in [4.78, 5) is 12.2. The Bertz CT molecular complexity index is 1020. The molecule has 4 nitrogen and oxygen atoms in total. The van der Waals surface area contributed by atoms with Crippen molar-refractivity contribution in [2.45, 2.75) is 32.7 Å². The van der Waals surface area contributed by atoms with E-state index in [9.17, 15) is 4.79 Å². The van der Waals surface area contributed by atoms with Crippen molar-refractivity contribution in [3.8, 4) is 5.75 Å². The molecule has 5 heteroatoms. The van der Waals surface area contributed by atoms with E-state index in [1.54, 1.807) is 7.11 Å². The fourth-order valence-electron chi connectivity index (χ4n) is 4.08. The highest BCUT2D eigenvalue weighted by Gasteiger charge is 2.47. The van der Waals surface area contributed by atoms with Gasteiger partial charge in [0, 0.05) is 33.5 Å². The molecule has 3 aromatic rings. The molecule has 2 atom stereocenters. The average Bonchev–Trinajstić information content (AvgIpc) is 3.43. The van der Waals surface area contributed by atoms with E-state index in [1.165, 1.54) is 27.7 Å². The minimum absolute atomic E-state index is 0.0309. The molecule has 4 rings (SSSR count). The van der Waals surface area contributed by atoms with Gasteiger partial charge in [0.05, 0.1) is 19.6 Å². The lowest BCUT2D eigenvalue weighted by molar-refractivity contribution is -0.144. The summed E-state index contributed by atoms with van der Waals surface area (Å²) in [6.45, 7) is 5.23. The van der Waals surface area contributed by atoms with Crippen LogP contribution in [0.25, 0.3) is 10.9 Å². The first-order chi connectivity index (χ1) is 13.5. The van der Waals surface area contributed by atoms with Gasteiger partial charge in [0.1, 0.15) is 5.75 Å². The molecule has 0 spiro atoms. The molecule has 0 saturated heterocycles. The summed E-state index contributed by atoms with van der Waals surface area (Å²) < 4.78 is 14.1. The third-order valence-electron chi connectivity index (χ3n) is 5.58. The van der Waals surface area contributed by atoms with Crippen LogP contribution >= 0.6 is 15.9 Å². The lowest BCUT2D eigenvalue weighted by atomic mass is 10.0. The molecule has 1 fully saturated rings. The van der Waals surface area contributed by atoms with E-state index in [2.05, 4.69) is 63.8 Å². The Kier molecular flexibility index (Phi) is 5.19. The highest BCUT2D eigenvalue weighted by Crippen LogP contribution is 2.52. The summed E-state index contributed by atoms with van der Waals surface area (Å²) in [7, 11) is 1.69. The summed E-state index contributed by atoms with van der Waals surface area (Å²) in [6, 6.07) is 14.6. The summed E-state index contributed by atoms with van der Waals surface area (Å²) in [5, 5.41) is 1.17. The number of hydrogen-bond donors (Lipinski definition) is 0. The number of nitrogens with zero attached hydrogens (tertiary/aromatic N) is 1. The molecule has 28 heavy (non-hydrogen) atoms. The lowest BCUT2D eigenvalue weighted by Crippen LogP contribution is -2.07. The molecule has 2 unspecified atom stereocenters. The van der Waals surface area contributed by atoms with E-state index in [0.717, 1.165) is 23.2 Å². The van der Waals surface area contributed by atoms with Crippen LogP contribution in [0, 0.1) is 12.8 Å². The Hall–Kier alpha value is -2.27. The van der Waals surface area contributed by atoms with Gasteiger partial charge in [-0.15, -0.1) is 0 Å². The molecular weight excluding hydrogens is 418 g/mol. The number of fused-ring (bicyclic) bond motifs is 1. The maximum absolute atomic E-state index is 12.2. The number of methoxy groups -OCH3 is 1. The number of ether oxygens (including phenoxy) is 2. The van der Waals surface area contributed by atoms with Crippen molar-refractivity contribution < 1.29 is 14.3 Å². The fraction of sp³-hybridized carbons (Fsp3) is 0.348. The molecule has 0 amide bonds. The van der Waals surface area contributed by atoms with Gasteiger partial charge in [0.15, 0.2) is 0 Å². The summed E-state index contributed by atoms with van der Waals surface area (Å²) in [6.07, 6.45) is 0.855. The SMILES string of the molecule is CCOC(=O)C1CC1c1c(C)n(Cc2ccc(Br)cc2)c2ccc(OC)cc12. The van der Waals surface area contributed by atoms with Crippen molar-refractivity contribution in [2.24, 2.45) is 5.92 Å². The molecule has 1 saturated carbocycles. The van der Waals surface area contributed by atoms with Crippen LogP contribution in [0.4, 0.5) is 0 Å². The lowest BCUT2D eigenvalue weighted by Gasteiger charge is -2.10. The topological polar surface area (TPSA) is 40.5 Å². The zero-order chi connectivity index (χ0) is 19.8. The zero-order valence-electron chi connectivity index (χ0n) is 16.4. The fourth-order valence-corrected chi connectivity index (χ4v) is 4.35. The van der Waals surface area contributed by atoms with E-state index in [0.29, 0.717) is 6.61 Å². The molecule has 146 valence electrons. The Morgan fingerprint density at radius 1 is 1.21 bits per heavy atom. The van der Waals surface area contributed by atoms with Gasteiger partial charge >= 0.3 is 5.97 Å². The third-order valence-corrected chi connectivity index (χ3v) is 6.11. The van der Waals surface area contributed by atoms with Crippen molar-refractivity contribution in [3.05, 3.63) is 63.8 Å². The van der Waals surface area contributed by atoms with Gasteiger partial charge in [-0.2, -0.15) is 0 Å². The maximum Gasteiger partial charge on any atom is 0.309 e. The first kappa shape index (κ1) is 19.1. The Labute approximate surface area is 173 Å². The number of aromatic nitrogens is 1. The van der Waals surface area contributed by atoms with Crippen LogP contribution in [0.1, 0.15) is 36.1 Å². The van der Waals surface area contributed by atoms with Gasteiger partial charge in [0.25, 0.3) is 0 Å². The van der Waals surface area contributed by atoms with Gasteiger partial charge in [-0.1, -0.05) is 28.1 Å². The minimum Gasteiger partial charge on any atom is -0.497 e. The largest absolute Gasteiger partial charge is 0.497 e. The van der Waals surface area contributed by atoms with Crippen LogP contribution in [-0.2, 0) is 16.1 Å². The van der Waals surface area contributed by atoms with E-state index >= 15 is 0 Å². The number of esters is 1. The van der Waals surface area contributed by atoms with Gasteiger partial charge in [-0.25, -0.2) is 0 Å². The van der Waals surface area contributed by atoms with E-state index < -0.39 is 0 Å². The van der Waals surface area contributed by atoms with Crippen LogP contribution < -0.4 is 4.74 Å². The first-order valence-electron chi connectivity index (χ1n) is 9.61. The smallest absolute Gasteiger partial charge is 0.309 e. The van der Waals surface area contributed by atoms with Gasteiger partial charge in [-0.05, 0) is 61.7 Å². The van der Waals surface area contributed by atoms with E-state index in [-0.39, 0.29) is 17.8 Å². The van der Waals surface area contributed by atoms with E-state index in [1.807, 2.05) is 13.0 Å². The number of carbonyl (C=O) groups excluding carboxylic acids is 1. The summed E-state index contributed by atoms with van der Waals surface area (Å²) in [5.41, 5.74) is 4.88. The van der Waals surface area contributed by atoms with Gasteiger partial charge < -0.3 is 14.0 Å². The predicted molar refractivity (Wildman–Crippen MR) is 114 cm³/mol. The molecule has 0 aliphatic heterocycles. The van der Waals surface area contributed by atoms with Crippen molar-refractivity contribution in [3.63, 3.8) is 0 Å². The van der Waals surface area contributed by atoms with Gasteiger partial charge in [-0.3, -0.25) is 4.79 Å². The minimum atomic E-state index is -0.0800. The third kappa shape index (κ3) is 3.44.